The van der Waals surface area contributed by atoms with E-state index in [1.54, 1.807) is 0 Å². The van der Waals surface area contributed by atoms with Gasteiger partial charge >= 0.3 is 0 Å². The van der Waals surface area contributed by atoms with Crippen LogP contribution in [0.1, 0.15) is 44.9 Å². The van der Waals surface area contributed by atoms with Gasteiger partial charge in [0.15, 0.2) is 0 Å². The molecule has 0 aromatic heterocycles. The van der Waals surface area contributed by atoms with Gasteiger partial charge in [0.1, 0.15) is 0 Å². The van der Waals surface area contributed by atoms with Gasteiger partial charge in [0.2, 0.25) is 0 Å². The molecule has 0 atom stereocenters. The van der Waals surface area contributed by atoms with Crippen molar-refractivity contribution in [3.05, 3.63) is 11.8 Å². The minimum absolute atomic E-state index is 1.13. The molecule has 0 heterocycles. The Kier molecular flexibility index (Phi) is 4.35. The third kappa shape index (κ3) is 3.61. The van der Waals surface area contributed by atoms with E-state index in [-0.39, 0.29) is 0 Å². The summed E-state index contributed by atoms with van der Waals surface area (Å²) in [7, 11) is 2.34. The van der Waals surface area contributed by atoms with Crippen LogP contribution >= 0.6 is 0 Å². The summed E-state index contributed by atoms with van der Waals surface area (Å²) >= 11 is 0. The highest BCUT2D eigenvalue weighted by Gasteiger charge is 1.99. The fourth-order valence-electron chi connectivity index (χ4n) is 1.45. The number of allylic oxidation sites excluding steroid dienone is 2. The van der Waals surface area contributed by atoms with E-state index < -0.39 is 0 Å². The zero-order valence-corrected chi connectivity index (χ0v) is 8.17. The maximum absolute atomic E-state index is 5.16. The van der Waals surface area contributed by atoms with E-state index in [2.05, 4.69) is 16.6 Å². The van der Waals surface area contributed by atoms with Crippen LogP contribution < -0.4 is 0 Å². The summed E-state index contributed by atoms with van der Waals surface area (Å²) in [5.74, 6) is 1.16. The van der Waals surface area contributed by atoms with Crippen molar-refractivity contribution in [2.75, 3.05) is 0 Å². The lowest BCUT2D eigenvalue weighted by Gasteiger charge is -2.03. The van der Waals surface area contributed by atoms with Crippen LogP contribution in [0.3, 0.4) is 0 Å². The third-order valence-electron chi connectivity index (χ3n) is 2.15. The van der Waals surface area contributed by atoms with Crippen LogP contribution in [-0.4, -0.2) is 10.5 Å². The molecule has 1 aliphatic carbocycles. The van der Waals surface area contributed by atoms with Gasteiger partial charge in [-0.1, -0.05) is 19.3 Å². The molecule has 0 saturated heterocycles. The second-order valence-corrected chi connectivity index (χ2v) is 3.33. The number of hydrogen-bond donors (Lipinski definition) is 0. The van der Waals surface area contributed by atoms with E-state index in [1.807, 2.05) is 0 Å². The van der Waals surface area contributed by atoms with Crippen LogP contribution in [0.2, 0.25) is 0 Å². The molecule has 11 heavy (non-hydrogen) atoms. The van der Waals surface area contributed by atoms with Crippen molar-refractivity contribution in [1.82, 2.24) is 0 Å². The smallest absolute Gasteiger partial charge is 0.288 e. The fourth-order valence-corrected chi connectivity index (χ4v) is 1.66. The Morgan fingerprint density at radius 1 is 1.09 bits per heavy atom. The highest BCUT2D eigenvalue weighted by molar-refractivity contribution is 5.98. The molecule has 0 aliphatic heterocycles. The molecule has 2 heteroatoms. The Labute approximate surface area is 72.4 Å². The van der Waals surface area contributed by atoms with Crippen molar-refractivity contribution >= 4 is 10.5 Å². The van der Waals surface area contributed by atoms with Gasteiger partial charge in [-0.3, -0.25) is 0 Å². The Bertz CT molecular complexity index is 132. The van der Waals surface area contributed by atoms with Crippen LogP contribution in [0.25, 0.3) is 0 Å². The second-order valence-electron chi connectivity index (χ2n) is 3.09. The summed E-state index contributed by atoms with van der Waals surface area (Å²) in [6, 6.07) is 0. The second kappa shape index (κ2) is 5.41. The number of rotatable bonds is 1. The van der Waals surface area contributed by atoms with Gasteiger partial charge in [-0.15, -0.1) is 0 Å². The molecule has 0 bridgehead atoms. The average molecular weight is 168 g/mol. The molecule has 1 aliphatic rings. The molecule has 0 fully saturated rings. The van der Waals surface area contributed by atoms with Crippen LogP contribution in [0.4, 0.5) is 0 Å². The summed E-state index contributed by atoms with van der Waals surface area (Å²) in [4.78, 5) is 0. The molecular formula is C9H16OSi. The molecule has 2 radical (unpaired) electrons. The molecular weight excluding hydrogens is 152 g/mol. The Morgan fingerprint density at radius 3 is 2.64 bits per heavy atom. The minimum atomic E-state index is 1.13. The largest absolute Gasteiger partial charge is 0.548 e. The summed E-state index contributed by atoms with van der Waals surface area (Å²) in [6.45, 7) is 0. The standard InChI is InChI=1S/C9H16OSi/c11-10-9-7-5-3-1-2-4-6-8-9/h7,11H,1-6,8H2/b9-7+. The van der Waals surface area contributed by atoms with Crippen molar-refractivity contribution in [3.63, 3.8) is 0 Å². The molecule has 0 unspecified atom stereocenters. The van der Waals surface area contributed by atoms with Crippen molar-refractivity contribution in [1.29, 1.82) is 0 Å². The first kappa shape index (κ1) is 8.85. The van der Waals surface area contributed by atoms with Gasteiger partial charge in [-0.05, 0) is 25.3 Å². The summed E-state index contributed by atoms with van der Waals surface area (Å²) in [6.07, 6.45) is 11.3. The van der Waals surface area contributed by atoms with Crippen molar-refractivity contribution in [3.8, 4) is 0 Å². The Balaban J connectivity index is 2.34. The molecule has 0 saturated carbocycles. The summed E-state index contributed by atoms with van der Waals surface area (Å²) < 4.78 is 5.16. The van der Waals surface area contributed by atoms with Gasteiger partial charge in [0.25, 0.3) is 10.5 Å². The molecule has 0 aromatic carbocycles. The first-order valence-corrected chi connectivity index (χ1v) is 4.96. The van der Waals surface area contributed by atoms with Crippen molar-refractivity contribution in [2.45, 2.75) is 44.9 Å². The maximum Gasteiger partial charge on any atom is 0.288 e. The molecule has 1 nitrogen and oxygen atoms in total. The van der Waals surface area contributed by atoms with E-state index in [4.69, 9.17) is 4.43 Å². The van der Waals surface area contributed by atoms with E-state index in [0.29, 0.717) is 0 Å². The van der Waals surface area contributed by atoms with Crippen LogP contribution in [0, 0.1) is 0 Å². The highest BCUT2D eigenvalue weighted by atomic mass is 28.2. The molecule has 0 N–H and O–H groups in total. The molecule has 1 rings (SSSR count). The van der Waals surface area contributed by atoms with Gasteiger partial charge in [0.05, 0.1) is 5.76 Å². The first-order chi connectivity index (χ1) is 5.43. The lowest BCUT2D eigenvalue weighted by molar-refractivity contribution is 0.432. The molecule has 62 valence electrons. The van der Waals surface area contributed by atoms with Crippen molar-refractivity contribution < 1.29 is 4.43 Å². The van der Waals surface area contributed by atoms with Crippen LogP contribution in [0.5, 0.6) is 0 Å². The predicted molar refractivity (Wildman–Crippen MR) is 48.6 cm³/mol. The molecule has 0 amide bonds. The van der Waals surface area contributed by atoms with E-state index in [1.165, 1.54) is 38.5 Å². The van der Waals surface area contributed by atoms with Crippen LogP contribution in [0.15, 0.2) is 11.8 Å². The third-order valence-corrected chi connectivity index (χ3v) is 2.45. The zero-order valence-electron chi connectivity index (χ0n) is 7.01. The number of hydrogen-bond acceptors (Lipinski definition) is 1. The van der Waals surface area contributed by atoms with Crippen molar-refractivity contribution in [2.24, 2.45) is 0 Å². The zero-order chi connectivity index (χ0) is 7.94. The van der Waals surface area contributed by atoms with Gasteiger partial charge in [-0.25, -0.2) is 0 Å². The first-order valence-electron chi connectivity index (χ1n) is 4.49. The molecule has 0 spiro atoms. The van der Waals surface area contributed by atoms with Gasteiger partial charge in [0, 0.05) is 6.42 Å². The van der Waals surface area contributed by atoms with E-state index >= 15 is 0 Å². The topological polar surface area (TPSA) is 9.23 Å². The van der Waals surface area contributed by atoms with Gasteiger partial charge in [-0.2, -0.15) is 0 Å². The highest BCUT2D eigenvalue weighted by Crippen LogP contribution is 2.16. The minimum Gasteiger partial charge on any atom is -0.548 e. The van der Waals surface area contributed by atoms with Crippen LogP contribution in [-0.2, 0) is 4.43 Å². The average Bonchev–Trinajstić information content (AvgIpc) is 2.16. The van der Waals surface area contributed by atoms with E-state index in [9.17, 15) is 0 Å². The van der Waals surface area contributed by atoms with Gasteiger partial charge < -0.3 is 4.43 Å². The fraction of sp³-hybridized carbons (Fsp3) is 0.778. The molecule has 0 aromatic rings. The monoisotopic (exact) mass is 168 g/mol. The Hall–Kier alpha value is -0.243. The normalized spacial score (nSPS) is 25.7. The quantitative estimate of drug-likeness (QED) is 0.546. The predicted octanol–water partition coefficient (Wildman–Crippen LogP) is 2.45. The van der Waals surface area contributed by atoms with E-state index in [0.717, 1.165) is 12.2 Å². The summed E-state index contributed by atoms with van der Waals surface area (Å²) in [5.41, 5.74) is 0. The lowest BCUT2D eigenvalue weighted by Crippen LogP contribution is -1.87. The SMILES string of the molecule is [SiH]O/C1=C/CCCCCCC1. The Morgan fingerprint density at radius 2 is 1.82 bits per heavy atom. The summed E-state index contributed by atoms with van der Waals surface area (Å²) in [5, 5.41) is 0. The lowest BCUT2D eigenvalue weighted by atomic mass is 10.1. The maximum atomic E-state index is 5.16.